The minimum atomic E-state index is -2.97. The van der Waals surface area contributed by atoms with Crippen molar-refractivity contribution >= 4 is 9.84 Å². The number of nitrogens with one attached hydrogen (secondary N) is 1. The topological polar surface area (TPSA) is 46.2 Å². The Morgan fingerprint density at radius 1 is 1.42 bits per heavy atom. The van der Waals surface area contributed by atoms with Gasteiger partial charge >= 0.3 is 0 Å². The summed E-state index contributed by atoms with van der Waals surface area (Å²) < 4.78 is 37.5. The Labute approximate surface area is 114 Å². The number of rotatable bonds is 4. The molecule has 0 amide bonds. The second-order valence-corrected chi connectivity index (χ2v) is 7.43. The minimum Gasteiger partial charge on any atom is -0.319 e. The summed E-state index contributed by atoms with van der Waals surface area (Å²) in [5.74, 6) is 0.121. The SMILES string of the molecule is CNCC(c1ccccc1F)C1CCCS(=O)(=O)C1. The average molecular weight is 285 g/mol. The molecule has 0 bridgehead atoms. The van der Waals surface area contributed by atoms with Crippen LogP contribution >= 0.6 is 0 Å². The monoisotopic (exact) mass is 285 g/mol. The number of likely N-dealkylation sites (N-methyl/N-ethyl adjacent to an activating group) is 1. The molecule has 0 spiro atoms. The lowest BCUT2D eigenvalue weighted by atomic mass is 9.84. The first-order valence-corrected chi connectivity index (χ1v) is 8.45. The highest BCUT2D eigenvalue weighted by Gasteiger charge is 2.32. The molecule has 5 heteroatoms. The maximum Gasteiger partial charge on any atom is 0.150 e. The highest BCUT2D eigenvalue weighted by Crippen LogP contribution is 2.33. The average Bonchev–Trinajstić information content (AvgIpc) is 2.36. The second-order valence-electron chi connectivity index (χ2n) is 5.20. The third-order valence-electron chi connectivity index (χ3n) is 3.80. The molecule has 1 heterocycles. The van der Waals surface area contributed by atoms with Gasteiger partial charge in [0.2, 0.25) is 0 Å². The van der Waals surface area contributed by atoms with Gasteiger partial charge in [-0.2, -0.15) is 0 Å². The van der Waals surface area contributed by atoms with Crippen molar-refractivity contribution in [3.8, 4) is 0 Å². The highest BCUT2D eigenvalue weighted by molar-refractivity contribution is 7.91. The van der Waals surface area contributed by atoms with E-state index in [-0.39, 0.29) is 29.2 Å². The molecule has 2 unspecified atom stereocenters. The lowest BCUT2D eigenvalue weighted by Gasteiger charge is -2.30. The Kier molecular flexibility index (Phi) is 4.58. The van der Waals surface area contributed by atoms with Crippen LogP contribution in [0.3, 0.4) is 0 Å². The zero-order chi connectivity index (χ0) is 13.9. The Balaban J connectivity index is 2.28. The molecule has 0 aliphatic carbocycles. The maximum absolute atomic E-state index is 13.9. The van der Waals surface area contributed by atoms with Crippen molar-refractivity contribution in [3.05, 3.63) is 35.6 Å². The summed E-state index contributed by atoms with van der Waals surface area (Å²) in [5.41, 5.74) is 0.624. The third-order valence-corrected chi connectivity index (χ3v) is 5.64. The van der Waals surface area contributed by atoms with Gasteiger partial charge in [-0.15, -0.1) is 0 Å². The van der Waals surface area contributed by atoms with Crippen LogP contribution in [-0.2, 0) is 9.84 Å². The molecule has 3 nitrogen and oxygen atoms in total. The van der Waals surface area contributed by atoms with E-state index < -0.39 is 9.84 Å². The molecule has 19 heavy (non-hydrogen) atoms. The number of hydrogen-bond acceptors (Lipinski definition) is 3. The van der Waals surface area contributed by atoms with Gasteiger partial charge in [-0.3, -0.25) is 0 Å². The van der Waals surface area contributed by atoms with Gasteiger partial charge in [-0.1, -0.05) is 18.2 Å². The lowest BCUT2D eigenvalue weighted by molar-refractivity contribution is 0.388. The van der Waals surface area contributed by atoms with E-state index in [0.29, 0.717) is 18.5 Å². The first-order chi connectivity index (χ1) is 9.03. The molecule has 0 aromatic heterocycles. The van der Waals surface area contributed by atoms with Gasteiger partial charge in [0.15, 0.2) is 9.84 Å². The van der Waals surface area contributed by atoms with Crippen LogP contribution in [0.5, 0.6) is 0 Å². The summed E-state index contributed by atoms with van der Waals surface area (Å²) >= 11 is 0. The minimum absolute atomic E-state index is 0.00287. The largest absolute Gasteiger partial charge is 0.319 e. The quantitative estimate of drug-likeness (QED) is 0.920. The van der Waals surface area contributed by atoms with E-state index in [0.717, 1.165) is 6.42 Å². The molecular formula is C14H20FNO2S. The van der Waals surface area contributed by atoms with Gasteiger partial charge in [-0.25, -0.2) is 12.8 Å². The highest BCUT2D eigenvalue weighted by atomic mass is 32.2. The molecule has 0 radical (unpaired) electrons. The van der Waals surface area contributed by atoms with Crippen LogP contribution in [0.2, 0.25) is 0 Å². The van der Waals surface area contributed by atoms with Crippen molar-refractivity contribution in [2.75, 3.05) is 25.1 Å². The van der Waals surface area contributed by atoms with E-state index in [1.165, 1.54) is 6.07 Å². The number of hydrogen-bond donors (Lipinski definition) is 1. The van der Waals surface area contributed by atoms with Gasteiger partial charge in [0.05, 0.1) is 11.5 Å². The van der Waals surface area contributed by atoms with E-state index >= 15 is 0 Å². The first-order valence-electron chi connectivity index (χ1n) is 6.63. The molecule has 1 fully saturated rings. The standard InChI is InChI=1S/C14H20FNO2S/c1-16-9-13(12-6-2-3-7-14(12)15)11-5-4-8-19(17,18)10-11/h2-3,6-7,11,13,16H,4-5,8-10H2,1H3. The fraction of sp³-hybridized carbons (Fsp3) is 0.571. The third kappa shape index (κ3) is 3.54. The lowest BCUT2D eigenvalue weighted by Crippen LogP contribution is -2.33. The van der Waals surface area contributed by atoms with Crippen molar-refractivity contribution in [3.63, 3.8) is 0 Å². The van der Waals surface area contributed by atoms with E-state index in [9.17, 15) is 12.8 Å². The van der Waals surface area contributed by atoms with Crippen molar-refractivity contribution < 1.29 is 12.8 Å². The van der Waals surface area contributed by atoms with Crippen LogP contribution in [0.25, 0.3) is 0 Å². The molecule has 0 saturated carbocycles. The van der Waals surface area contributed by atoms with E-state index in [1.54, 1.807) is 18.2 Å². The number of benzene rings is 1. The van der Waals surface area contributed by atoms with Crippen LogP contribution in [0.4, 0.5) is 4.39 Å². The molecular weight excluding hydrogens is 265 g/mol. The Bertz CT molecular complexity index is 530. The van der Waals surface area contributed by atoms with Gasteiger partial charge in [0.25, 0.3) is 0 Å². The van der Waals surface area contributed by atoms with Gasteiger partial charge in [0.1, 0.15) is 5.82 Å². The van der Waals surface area contributed by atoms with Crippen LogP contribution in [-0.4, -0.2) is 33.5 Å². The van der Waals surface area contributed by atoms with Crippen molar-refractivity contribution in [1.82, 2.24) is 5.32 Å². The Hall–Kier alpha value is -0.940. The van der Waals surface area contributed by atoms with E-state index in [4.69, 9.17) is 0 Å². The van der Waals surface area contributed by atoms with Crippen LogP contribution < -0.4 is 5.32 Å². The predicted octanol–water partition coefficient (Wildman–Crippen LogP) is 1.95. The molecule has 1 aliphatic rings. The second kappa shape index (κ2) is 6.01. The van der Waals surface area contributed by atoms with Crippen LogP contribution in [0, 0.1) is 11.7 Å². The predicted molar refractivity (Wildman–Crippen MR) is 74.4 cm³/mol. The smallest absolute Gasteiger partial charge is 0.150 e. The van der Waals surface area contributed by atoms with Crippen LogP contribution in [0.1, 0.15) is 24.3 Å². The summed E-state index contributed by atoms with van der Waals surface area (Å²) in [5, 5.41) is 3.06. The first kappa shape index (κ1) is 14.5. The fourth-order valence-corrected chi connectivity index (χ4v) is 4.73. The molecule has 106 valence electrons. The van der Waals surface area contributed by atoms with Crippen molar-refractivity contribution in [2.45, 2.75) is 18.8 Å². The van der Waals surface area contributed by atoms with Gasteiger partial charge < -0.3 is 5.32 Å². The van der Waals surface area contributed by atoms with Crippen molar-refractivity contribution in [2.24, 2.45) is 5.92 Å². The molecule has 1 aromatic rings. The molecule has 1 N–H and O–H groups in total. The summed E-state index contributed by atoms with van der Waals surface area (Å²) in [7, 11) is -1.16. The summed E-state index contributed by atoms with van der Waals surface area (Å²) in [4.78, 5) is 0. The fourth-order valence-electron chi connectivity index (χ4n) is 2.90. The number of halogens is 1. The summed E-state index contributed by atoms with van der Waals surface area (Å²) in [6.45, 7) is 0.598. The molecule has 1 aromatic carbocycles. The normalized spacial score (nSPS) is 24.0. The Morgan fingerprint density at radius 2 is 2.16 bits per heavy atom. The van der Waals surface area contributed by atoms with Crippen molar-refractivity contribution in [1.29, 1.82) is 0 Å². The zero-order valence-electron chi connectivity index (χ0n) is 11.1. The molecule has 2 rings (SSSR count). The number of sulfone groups is 1. The molecule has 1 aliphatic heterocycles. The maximum atomic E-state index is 13.9. The Morgan fingerprint density at radius 3 is 2.79 bits per heavy atom. The van der Waals surface area contributed by atoms with Gasteiger partial charge in [-0.05, 0) is 37.4 Å². The molecule has 2 atom stereocenters. The van der Waals surface area contributed by atoms with Gasteiger partial charge in [0, 0.05) is 12.5 Å². The molecule has 1 saturated heterocycles. The van der Waals surface area contributed by atoms with E-state index in [1.807, 2.05) is 7.05 Å². The van der Waals surface area contributed by atoms with Crippen LogP contribution in [0.15, 0.2) is 24.3 Å². The summed E-state index contributed by atoms with van der Waals surface area (Å²) in [6.07, 6.45) is 1.53. The summed E-state index contributed by atoms with van der Waals surface area (Å²) in [6, 6.07) is 6.67. The van der Waals surface area contributed by atoms with E-state index in [2.05, 4.69) is 5.32 Å². The zero-order valence-corrected chi connectivity index (χ0v) is 11.9.